The number of hydrogen-bond acceptors (Lipinski definition) is 6. The van der Waals surface area contributed by atoms with Crippen LogP contribution in [0.3, 0.4) is 0 Å². The highest BCUT2D eigenvalue weighted by Gasteiger charge is 2.30. The highest BCUT2D eigenvalue weighted by atomic mass is 19.4. The summed E-state index contributed by atoms with van der Waals surface area (Å²) in [7, 11) is 0. The Labute approximate surface area is 163 Å². The van der Waals surface area contributed by atoms with Crippen LogP contribution in [0.15, 0.2) is 48.8 Å². The second kappa shape index (κ2) is 7.74. The molecule has 1 heterocycles. The van der Waals surface area contributed by atoms with E-state index < -0.39 is 22.4 Å². The molecule has 0 fully saturated rings. The molecule has 3 aromatic rings. The van der Waals surface area contributed by atoms with Crippen molar-refractivity contribution in [3.8, 4) is 11.6 Å². The molecule has 1 N–H and O–H groups in total. The predicted molar refractivity (Wildman–Crippen MR) is 99.4 cm³/mol. The van der Waals surface area contributed by atoms with Crippen LogP contribution in [0.25, 0.3) is 0 Å². The molecule has 0 spiro atoms. The number of aromatic nitrogens is 2. The van der Waals surface area contributed by atoms with Gasteiger partial charge in [-0.05, 0) is 61.4 Å². The van der Waals surface area contributed by atoms with Crippen LogP contribution in [-0.4, -0.2) is 14.9 Å². The number of hydrogen-bond donors (Lipinski definition) is 1. The smallest absolute Gasteiger partial charge is 0.416 e. The lowest BCUT2D eigenvalue weighted by Crippen LogP contribution is -2.06. The molecule has 0 aliphatic carbocycles. The fourth-order valence-corrected chi connectivity index (χ4v) is 2.46. The molecule has 0 atom stereocenters. The molecule has 0 amide bonds. The fourth-order valence-electron chi connectivity index (χ4n) is 2.46. The summed E-state index contributed by atoms with van der Waals surface area (Å²) in [5.74, 6) is -0.137. The zero-order valence-corrected chi connectivity index (χ0v) is 15.3. The molecule has 3 rings (SSSR count). The second-order valence-corrected chi connectivity index (χ2v) is 6.18. The molecule has 7 nitrogen and oxygen atoms in total. The first-order valence-corrected chi connectivity index (χ1v) is 8.34. The Morgan fingerprint density at radius 2 is 1.72 bits per heavy atom. The standard InChI is InChI=1S/C19H15F3N4O3/c1-11-3-8-15(9-12(11)2)29-18-16(26(27)28)17(23-10-24-18)25-14-6-4-13(5-7-14)19(20,21)22/h3-10H,1-2H3,(H,23,24,25). The van der Waals surface area contributed by atoms with Gasteiger partial charge in [-0.1, -0.05) is 6.07 Å². The average Bonchev–Trinajstić information content (AvgIpc) is 2.64. The third-order valence-electron chi connectivity index (χ3n) is 4.14. The first-order valence-electron chi connectivity index (χ1n) is 8.34. The third kappa shape index (κ3) is 4.60. The number of nitrogens with one attached hydrogen (secondary N) is 1. The maximum atomic E-state index is 12.7. The Morgan fingerprint density at radius 3 is 2.31 bits per heavy atom. The summed E-state index contributed by atoms with van der Waals surface area (Å²) >= 11 is 0. The van der Waals surface area contributed by atoms with E-state index in [0.29, 0.717) is 5.75 Å². The molecule has 0 unspecified atom stereocenters. The SMILES string of the molecule is Cc1ccc(Oc2ncnc(Nc3ccc(C(F)(F)F)cc3)c2[N+](=O)[O-])cc1C. The lowest BCUT2D eigenvalue weighted by atomic mass is 10.1. The minimum Gasteiger partial charge on any atom is -0.434 e. The molecular weight excluding hydrogens is 389 g/mol. The van der Waals surface area contributed by atoms with Gasteiger partial charge in [-0.3, -0.25) is 10.1 Å². The Balaban J connectivity index is 1.92. The van der Waals surface area contributed by atoms with E-state index in [1.54, 1.807) is 18.2 Å². The predicted octanol–water partition coefficient (Wildman–Crippen LogP) is 5.56. The normalized spacial score (nSPS) is 11.2. The van der Waals surface area contributed by atoms with Crippen LogP contribution in [0, 0.1) is 24.0 Å². The van der Waals surface area contributed by atoms with Gasteiger partial charge in [0.25, 0.3) is 0 Å². The second-order valence-electron chi connectivity index (χ2n) is 6.18. The van der Waals surface area contributed by atoms with E-state index in [1.165, 1.54) is 0 Å². The Morgan fingerprint density at radius 1 is 1.03 bits per heavy atom. The summed E-state index contributed by atoms with van der Waals surface area (Å²) in [6.07, 6.45) is -3.41. The number of nitro groups is 1. The molecule has 0 saturated heterocycles. The number of anilines is 2. The lowest BCUT2D eigenvalue weighted by Gasteiger charge is -2.11. The van der Waals surface area contributed by atoms with Crippen molar-refractivity contribution in [2.45, 2.75) is 20.0 Å². The van der Waals surface area contributed by atoms with Gasteiger partial charge in [-0.15, -0.1) is 0 Å². The minimum absolute atomic E-state index is 0.192. The monoisotopic (exact) mass is 404 g/mol. The van der Waals surface area contributed by atoms with E-state index in [4.69, 9.17) is 4.74 Å². The van der Waals surface area contributed by atoms with Crippen molar-refractivity contribution in [3.05, 3.63) is 75.6 Å². The minimum atomic E-state index is -4.48. The van der Waals surface area contributed by atoms with Gasteiger partial charge < -0.3 is 10.1 Å². The Kier molecular flexibility index (Phi) is 5.35. The van der Waals surface area contributed by atoms with E-state index in [9.17, 15) is 23.3 Å². The van der Waals surface area contributed by atoms with E-state index in [2.05, 4.69) is 15.3 Å². The number of aryl methyl sites for hydroxylation is 2. The van der Waals surface area contributed by atoms with E-state index >= 15 is 0 Å². The van der Waals surface area contributed by atoms with Crippen molar-refractivity contribution < 1.29 is 22.8 Å². The van der Waals surface area contributed by atoms with Crippen LogP contribution in [-0.2, 0) is 6.18 Å². The van der Waals surface area contributed by atoms with Crippen LogP contribution in [0.5, 0.6) is 11.6 Å². The molecule has 150 valence electrons. The van der Waals surface area contributed by atoms with Gasteiger partial charge in [0, 0.05) is 5.69 Å². The van der Waals surface area contributed by atoms with Crippen molar-refractivity contribution in [3.63, 3.8) is 0 Å². The van der Waals surface area contributed by atoms with Gasteiger partial charge in [0.15, 0.2) is 0 Å². The average molecular weight is 404 g/mol. The number of alkyl halides is 3. The number of nitrogens with zero attached hydrogens (tertiary/aromatic N) is 3. The van der Waals surface area contributed by atoms with Gasteiger partial charge >= 0.3 is 17.7 Å². The van der Waals surface area contributed by atoms with Gasteiger partial charge in [0.1, 0.15) is 12.1 Å². The molecule has 0 bridgehead atoms. The fraction of sp³-hybridized carbons (Fsp3) is 0.158. The Hall–Kier alpha value is -3.69. The van der Waals surface area contributed by atoms with Crippen molar-refractivity contribution in [2.24, 2.45) is 0 Å². The van der Waals surface area contributed by atoms with Crippen LogP contribution < -0.4 is 10.1 Å². The highest BCUT2D eigenvalue weighted by Crippen LogP contribution is 2.36. The summed E-state index contributed by atoms with van der Waals surface area (Å²) in [5, 5.41) is 14.2. The molecule has 0 radical (unpaired) electrons. The largest absolute Gasteiger partial charge is 0.434 e. The maximum absolute atomic E-state index is 12.7. The molecule has 29 heavy (non-hydrogen) atoms. The van der Waals surface area contributed by atoms with Crippen molar-refractivity contribution in [2.75, 3.05) is 5.32 Å². The summed E-state index contributed by atoms with van der Waals surface area (Å²) in [6, 6.07) is 9.20. The van der Waals surface area contributed by atoms with Crippen molar-refractivity contribution >= 4 is 17.2 Å². The third-order valence-corrected chi connectivity index (χ3v) is 4.14. The van der Waals surface area contributed by atoms with Gasteiger partial charge in [-0.25, -0.2) is 4.98 Å². The number of ether oxygens (including phenoxy) is 1. The van der Waals surface area contributed by atoms with Crippen LogP contribution in [0.2, 0.25) is 0 Å². The molecule has 0 saturated carbocycles. The van der Waals surface area contributed by atoms with E-state index in [0.717, 1.165) is 41.7 Å². The maximum Gasteiger partial charge on any atom is 0.416 e. The van der Waals surface area contributed by atoms with Gasteiger partial charge in [0.2, 0.25) is 5.82 Å². The zero-order chi connectivity index (χ0) is 21.2. The number of benzene rings is 2. The summed E-state index contributed by atoms with van der Waals surface area (Å²) in [5.41, 5.74) is 0.781. The molecule has 1 aromatic heterocycles. The number of halogens is 3. The van der Waals surface area contributed by atoms with Crippen LogP contribution in [0.1, 0.15) is 16.7 Å². The summed E-state index contributed by atoms with van der Waals surface area (Å²) < 4.78 is 43.6. The van der Waals surface area contributed by atoms with E-state index in [-0.39, 0.29) is 17.4 Å². The first-order chi connectivity index (χ1) is 13.6. The van der Waals surface area contributed by atoms with Gasteiger partial charge in [0.05, 0.1) is 10.5 Å². The van der Waals surface area contributed by atoms with Crippen molar-refractivity contribution in [1.82, 2.24) is 9.97 Å². The zero-order valence-electron chi connectivity index (χ0n) is 15.3. The van der Waals surface area contributed by atoms with E-state index in [1.807, 2.05) is 13.8 Å². The van der Waals surface area contributed by atoms with Crippen molar-refractivity contribution in [1.29, 1.82) is 0 Å². The number of rotatable bonds is 5. The molecular formula is C19H15F3N4O3. The van der Waals surface area contributed by atoms with Crippen LogP contribution >= 0.6 is 0 Å². The highest BCUT2D eigenvalue weighted by molar-refractivity contribution is 5.69. The van der Waals surface area contributed by atoms with Gasteiger partial charge in [-0.2, -0.15) is 18.2 Å². The molecule has 0 aliphatic heterocycles. The molecule has 2 aromatic carbocycles. The van der Waals surface area contributed by atoms with Crippen LogP contribution in [0.4, 0.5) is 30.4 Å². The topological polar surface area (TPSA) is 90.2 Å². The summed E-state index contributed by atoms with van der Waals surface area (Å²) in [4.78, 5) is 18.5. The quantitative estimate of drug-likeness (QED) is 0.443. The lowest BCUT2D eigenvalue weighted by molar-refractivity contribution is -0.385. The Bertz CT molecular complexity index is 1050. The molecule has 10 heteroatoms. The first kappa shape index (κ1) is 20.1. The summed E-state index contributed by atoms with van der Waals surface area (Å²) in [6.45, 7) is 3.78. The molecule has 0 aliphatic rings.